The number of anilines is 2. The molecule has 1 aromatic carbocycles. The maximum atomic E-state index is 11.9. The second kappa shape index (κ2) is 8.26. The third-order valence-electron chi connectivity index (χ3n) is 3.91. The van der Waals surface area contributed by atoms with Crippen molar-refractivity contribution in [2.45, 2.75) is 6.54 Å². The number of morpholine rings is 1. The number of nitrogens with one attached hydrogen (secondary N) is 2. The smallest absolute Gasteiger partial charge is 0.319 e. The maximum Gasteiger partial charge on any atom is 0.319 e. The van der Waals surface area contributed by atoms with Crippen LogP contribution in [-0.4, -0.2) is 42.2 Å². The summed E-state index contributed by atoms with van der Waals surface area (Å²) in [7, 11) is 0. The Morgan fingerprint density at radius 1 is 1.27 bits per heavy atom. The summed E-state index contributed by atoms with van der Waals surface area (Å²) >= 11 is 0. The number of aromatic nitrogens is 1. The van der Waals surface area contributed by atoms with Crippen LogP contribution in [0.15, 0.2) is 42.6 Å². The second-order valence-corrected chi connectivity index (χ2v) is 5.74. The molecule has 9 nitrogen and oxygen atoms in total. The van der Waals surface area contributed by atoms with E-state index in [1.54, 1.807) is 12.3 Å². The van der Waals surface area contributed by atoms with Crippen molar-refractivity contribution < 1.29 is 14.5 Å². The molecule has 1 fully saturated rings. The number of hydrogen-bond acceptors (Lipinski definition) is 6. The van der Waals surface area contributed by atoms with Gasteiger partial charge in [0.2, 0.25) is 0 Å². The van der Waals surface area contributed by atoms with Crippen LogP contribution in [0.4, 0.5) is 22.0 Å². The van der Waals surface area contributed by atoms with Gasteiger partial charge in [-0.05, 0) is 17.7 Å². The molecular formula is C17H19N5O4. The number of rotatable bonds is 5. The summed E-state index contributed by atoms with van der Waals surface area (Å²) in [5.74, 6) is 0.887. The van der Waals surface area contributed by atoms with Crippen LogP contribution in [-0.2, 0) is 11.3 Å². The number of non-ortho nitro benzene ring substituents is 1. The molecule has 2 amide bonds. The highest BCUT2D eigenvalue weighted by atomic mass is 16.6. The minimum absolute atomic E-state index is 0.0781. The number of ether oxygens (including phenoxy) is 1. The molecule has 26 heavy (non-hydrogen) atoms. The summed E-state index contributed by atoms with van der Waals surface area (Å²) in [5.41, 5.74) is 1.14. The van der Waals surface area contributed by atoms with Gasteiger partial charge in [0, 0.05) is 43.7 Å². The highest BCUT2D eigenvalue weighted by molar-refractivity contribution is 5.89. The number of pyridine rings is 1. The molecule has 3 rings (SSSR count). The van der Waals surface area contributed by atoms with E-state index < -0.39 is 11.0 Å². The van der Waals surface area contributed by atoms with Crippen molar-refractivity contribution in [3.63, 3.8) is 0 Å². The van der Waals surface area contributed by atoms with E-state index in [1.807, 2.05) is 12.1 Å². The van der Waals surface area contributed by atoms with Crippen LogP contribution in [0, 0.1) is 10.1 Å². The monoisotopic (exact) mass is 357 g/mol. The van der Waals surface area contributed by atoms with Crippen molar-refractivity contribution in [2.75, 3.05) is 36.5 Å². The van der Waals surface area contributed by atoms with E-state index in [-0.39, 0.29) is 5.69 Å². The Kier molecular flexibility index (Phi) is 5.59. The van der Waals surface area contributed by atoms with Gasteiger partial charge in [0.15, 0.2) is 0 Å². The van der Waals surface area contributed by atoms with E-state index in [9.17, 15) is 14.9 Å². The molecule has 0 spiro atoms. The molecule has 0 radical (unpaired) electrons. The Bertz CT molecular complexity index is 775. The van der Waals surface area contributed by atoms with E-state index in [2.05, 4.69) is 20.5 Å². The lowest BCUT2D eigenvalue weighted by Crippen LogP contribution is -2.36. The second-order valence-electron chi connectivity index (χ2n) is 5.74. The summed E-state index contributed by atoms with van der Waals surface area (Å²) in [5, 5.41) is 16.0. The number of nitrogens with zero attached hydrogens (tertiary/aromatic N) is 3. The van der Waals surface area contributed by atoms with E-state index in [0.29, 0.717) is 25.4 Å². The van der Waals surface area contributed by atoms with Gasteiger partial charge in [0.25, 0.3) is 5.69 Å². The standard InChI is InChI=1S/C17H19N5O4/c23-17(20-14-2-1-3-15(10-14)22(24)25)19-12-13-4-5-16(18-11-13)21-6-8-26-9-7-21/h1-5,10-11H,6-9,12H2,(H2,19,20,23). The highest BCUT2D eigenvalue weighted by Crippen LogP contribution is 2.17. The fraction of sp³-hybridized carbons (Fsp3) is 0.294. The molecule has 2 heterocycles. The Hall–Kier alpha value is -3.20. The van der Waals surface area contributed by atoms with Crippen molar-refractivity contribution in [1.29, 1.82) is 0 Å². The molecule has 0 bridgehead atoms. The van der Waals surface area contributed by atoms with Gasteiger partial charge in [0.1, 0.15) is 5.82 Å². The lowest BCUT2D eigenvalue weighted by molar-refractivity contribution is -0.384. The van der Waals surface area contributed by atoms with Gasteiger partial charge in [-0.3, -0.25) is 10.1 Å². The predicted molar refractivity (Wildman–Crippen MR) is 96.2 cm³/mol. The summed E-state index contributed by atoms with van der Waals surface area (Å²) in [6.45, 7) is 3.33. The average Bonchev–Trinajstić information content (AvgIpc) is 2.68. The molecule has 136 valence electrons. The molecule has 1 aliphatic rings. The number of nitro groups is 1. The van der Waals surface area contributed by atoms with Gasteiger partial charge in [-0.15, -0.1) is 0 Å². The molecule has 9 heteroatoms. The number of amides is 2. The maximum absolute atomic E-state index is 11.9. The van der Waals surface area contributed by atoms with Gasteiger partial charge in [-0.1, -0.05) is 12.1 Å². The lowest BCUT2D eigenvalue weighted by atomic mass is 10.2. The first-order chi connectivity index (χ1) is 12.6. The average molecular weight is 357 g/mol. The quantitative estimate of drug-likeness (QED) is 0.627. The van der Waals surface area contributed by atoms with Crippen LogP contribution in [0.2, 0.25) is 0 Å². The molecule has 2 aromatic rings. The Labute approximate surface area is 150 Å². The lowest BCUT2D eigenvalue weighted by Gasteiger charge is -2.27. The SMILES string of the molecule is O=C(NCc1ccc(N2CCOCC2)nc1)Nc1cccc([N+](=O)[O-])c1. The van der Waals surface area contributed by atoms with Crippen LogP contribution >= 0.6 is 0 Å². The third-order valence-corrected chi connectivity index (χ3v) is 3.91. The first-order valence-electron chi connectivity index (χ1n) is 8.19. The normalized spacial score (nSPS) is 13.9. The van der Waals surface area contributed by atoms with Crippen molar-refractivity contribution >= 4 is 23.2 Å². The first-order valence-corrected chi connectivity index (χ1v) is 8.19. The fourth-order valence-electron chi connectivity index (χ4n) is 2.56. The van der Waals surface area contributed by atoms with Gasteiger partial charge >= 0.3 is 6.03 Å². The molecule has 0 unspecified atom stereocenters. The van der Waals surface area contributed by atoms with E-state index in [0.717, 1.165) is 24.5 Å². The van der Waals surface area contributed by atoms with Gasteiger partial charge in [-0.2, -0.15) is 0 Å². The Morgan fingerprint density at radius 3 is 2.77 bits per heavy atom. The number of hydrogen-bond donors (Lipinski definition) is 2. The number of benzene rings is 1. The number of urea groups is 1. The number of carbonyl (C=O) groups excluding carboxylic acids is 1. The van der Waals surface area contributed by atoms with Crippen LogP contribution in [0.3, 0.4) is 0 Å². The summed E-state index contributed by atoms with van der Waals surface area (Å²) in [4.78, 5) is 28.8. The summed E-state index contributed by atoms with van der Waals surface area (Å²) in [6.07, 6.45) is 1.72. The van der Waals surface area contributed by atoms with Crippen molar-refractivity contribution in [3.05, 3.63) is 58.3 Å². The van der Waals surface area contributed by atoms with Crippen molar-refractivity contribution in [2.24, 2.45) is 0 Å². The van der Waals surface area contributed by atoms with E-state index >= 15 is 0 Å². The molecule has 0 atom stereocenters. The highest BCUT2D eigenvalue weighted by Gasteiger charge is 2.12. The number of carbonyl (C=O) groups is 1. The fourth-order valence-corrected chi connectivity index (χ4v) is 2.56. The predicted octanol–water partition coefficient (Wildman–Crippen LogP) is 2.15. The van der Waals surface area contributed by atoms with Crippen LogP contribution < -0.4 is 15.5 Å². The topological polar surface area (TPSA) is 110 Å². The minimum atomic E-state index is -0.509. The number of nitro benzene ring substituents is 1. The summed E-state index contributed by atoms with van der Waals surface area (Å²) < 4.78 is 5.32. The zero-order valence-corrected chi connectivity index (χ0v) is 14.1. The molecule has 0 saturated carbocycles. The molecular weight excluding hydrogens is 338 g/mol. The third kappa shape index (κ3) is 4.67. The van der Waals surface area contributed by atoms with E-state index in [4.69, 9.17) is 4.74 Å². The van der Waals surface area contributed by atoms with Crippen LogP contribution in [0.25, 0.3) is 0 Å². The van der Waals surface area contributed by atoms with Crippen molar-refractivity contribution in [1.82, 2.24) is 10.3 Å². The zero-order chi connectivity index (χ0) is 18.4. The minimum Gasteiger partial charge on any atom is -0.378 e. The first kappa shape index (κ1) is 17.6. The molecule has 1 aromatic heterocycles. The largest absolute Gasteiger partial charge is 0.378 e. The van der Waals surface area contributed by atoms with Gasteiger partial charge < -0.3 is 20.3 Å². The van der Waals surface area contributed by atoms with Gasteiger partial charge in [-0.25, -0.2) is 9.78 Å². The zero-order valence-electron chi connectivity index (χ0n) is 14.1. The summed E-state index contributed by atoms with van der Waals surface area (Å²) in [6, 6.07) is 9.16. The van der Waals surface area contributed by atoms with Gasteiger partial charge in [0.05, 0.1) is 18.1 Å². The Balaban J connectivity index is 1.51. The molecule has 2 N–H and O–H groups in total. The molecule has 1 saturated heterocycles. The Morgan fingerprint density at radius 2 is 2.08 bits per heavy atom. The van der Waals surface area contributed by atoms with Crippen LogP contribution in [0.5, 0.6) is 0 Å². The van der Waals surface area contributed by atoms with Crippen molar-refractivity contribution in [3.8, 4) is 0 Å². The van der Waals surface area contributed by atoms with E-state index in [1.165, 1.54) is 18.2 Å². The molecule has 0 aliphatic carbocycles. The van der Waals surface area contributed by atoms with Crippen LogP contribution in [0.1, 0.15) is 5.56 Å². The molecule has 1 aliphatic heterocycles.